The molecule has 21 nitrogen and oxygen atoms in total. The number of phosphoric acid groups is 2. The first-order valence-electron chi connectivity index (χ1n) is 25.9. The predicted molar refractivity (Wildman–Crippen MR) is 272 cm³/mol. The van der Waals surface area contributed by atoms with Gasteiger partial charge in [0, 0.05) is 30.9 Å². The third-order valence-corrected chi connectivity index (χ3v) is 15.1. The van der Waals surface area contributed by atoms with Crippen molar-refractivity contribution in [2.24, 2.45) is 11.8 Å². The highest BCUT2D eigenvalue weighted by Crippen LogP contribution is 2.60. The average Bonchev–Trinajstić information content (AvgIpc) is 3.33. The van der Waals surface area contributed by atoms with Crippen molar-refractivity contribution in [3.63, 3.8) is 0 Å². The molecule has 1 aromatic rings. The summed E-state index contributed by atoms with van der Waals surface area (Å²) in [5.74, 6) is -4.45. The van der Waals surface area contributed by atoms with E-state index in [0.29, 0.717) is 19.3 Å². The largest absolute Gasteiger partial charge is 0.481 e. The minimum Gasteiger partial charge on any atom is -0.461 e. The van der Waals surface area contributed by atoms with Crippen molar-refractivity contribution < 1.29 is 81.6 Å². The molecule has 1 saturated heterocycles. The molecule has 2 aliphatic rings. The Balaban J connectivity index is 1.77. The number of esters is 2. The van der Waals surface area contributed by atoms with Crippen LogP contribution in [0.4, 0.5) is 5.82 Å². The summed E-state index contributed by atoms with van der Waals surface area (Å²) in [7, 11) is -11.3. The Morgan fingerprint density at radius 1 is 0.836 bits per heavy atom. The van der Waals surface area contributed by atoms with Gasteiger partial charge in [-0.2, -0.15) is 9.29 Å². The van der Waals surface area contributed by atoms with Crippen LogP contribution >= 0.6 is 15.6 Å². The van der Waals surface area contributed by atoms with Gasteiger partial charge in [0.05, 0.1) is 44.1 Å². The number of nitrogen functional groups attached to an aromatic ring is 1. The van der Waals surface area contributed by atoms with Gasteiger partial charge in [-0.15, -0.1) is 0 Å². The van der Waals surface area contributed by atoms with Crippen LogP contribution in [0.5, 0.6) is 0 Å². The van der Waals surface area contributed by atoms with E-state index in [1.807, 2.05) is 6.92 Å². The van der Waals surface area contributed by atoms with Crippen LogP contribution in [-0.2, 0) is 46.3 Å². The molecule has 2 unspecified atom stereocenters. The molecule has 9 N–H and O–H groups in total. The first-order valence-corrected chi connectivity index (χ1v) is 28.9. The maximum atomic E-state index is 13.3. The van der Waals surface area contributed by atoms with Gasteiger partial charge in [-0.3, -0.25) is 23.2 Å². The zero-order valence-electron chi connectivity index (χ0n) is 42.5. The molecule has 3 heterocycles. The van der Waals surface area contributed by atoms with Crippen molar-refractivity contribution in [2.75, 3.05) is 25.6 Å². The average molecular weight is 1080 g/mol. The van der Waals surface area contributed by atoms with Gasteiger partial charge in [0.15, 0.2) is 6.10 Å². The second-order valence-corrected chi connectivity index (χ2v) is 21.7. The molecule has 3 rings (SSSR count). The Hall–Kier alpha value is -3.40. The molecular weight excluding hydrogens is 993 g/mol. The second-order valence-electron chi connectivity index (χ2n) is 18.7. The summed E-state index contributed by atoms with van der Waals surface area (Å²) in [5.41, 5.74) is 4.73. The van der Waals surface area contributed by atoms with Crippen LogP contribution in [0.15, 0.2) is 65.7 Å². The molecule has 1 fully saturated rings. The number of allylic oxidation sites excluding steroid dienone is 5. The number of aliphatic hydroxyl groups is 5. The molecule has 2 aliphatic heterocycles. The Kier molecular flexibility index (Phi) is 30.7. The molecule has 416 valence electrons. The highest BCUT2D eigenvalue weighted by Gasteiger charge is 2.45. The number of phosphoric ester groups is 2. The summed E-state index contributed by atoms with van der Waals surface area (Å²) in [5, 5.41) is 57.3. The van der Waals surface area contributed by atoms with E-state index in [2.05, 4.69) is 40.5 Å². The summed E-state index contributed by atoms with van der Waals surface area (Å²) in [6, 6.07) is 1.22. The van der Waals surface area contributed by atoms with E-state index in [0.717, 1.165) is 81.4 Å². The maximum absolute atomic E-state index is 13.3. The van der Waals surface area contributed by atoms with Crippen molar-refractivity contribution in [1.29, 1.82) is 0 Å². The number of cyclic esters (lactones) is 1. The Morgan fingerprint density at radius 2 is 1.47 bits per heavy atom. The molecule has 0 amide bonds. The number of nitrogens with two attached hydrogens (primary N) is 1. The SMILES string of the molecule is CCCCC/C=C\C/C=C\CCCCCCCCCC(=O)O[C@@H]1COC(=O)C/C=C\C[C@H]2[C@H](n3ccc(N)nc3=O)O[C@H](COP(=O)(O)OP(=O)(O)OC1)[C@@H](O)[C@@H](O)[C@@H](/C=C/[C@H](O)CCCCC)[C@H](O)C[C@@H]2O. The summed E-state index contributed by atoms with van der Waals surface area (Å²) in [4.78, 5) is 64.2. The van der Waals surface area contributed by atoms with Crippen LogP contribution in [0.3, 0.4) is 0 Å². The predicted octanol–water partition coefficient (Wildman–Crippen LogP) is 6.94. The Morgan fingerprint density at radius 3 is 2.14 bits per heavy atom. The number of hydrogen-bond donors (Lipinski definition) is 8. The fourth-order valence-corrected chi connectivity index (χ4v) is 10.4. The first kappa shape index (κ1) is 63.9. The van der Waals surface area contributed by atoms with Gasteiger partial charge in [-0.1, -0.05) is 127 Å². The first-order chi connectivity index (χ1) is 34.9. The number of unbranched alkanes of at least 4 members (excludes halogenated alkanes) is 12. The summed E-state index contributed by atoms with van der Waals surface area (Å²) in [6.07, 6.45) is 16.7. The molecule has 0 aromatic carbocycles. The van der Waals surface area contributed by atoms with E-state index in [9.17, 15) is 58.8 Å². The number of hydrogen-bond acceptors (Lipinski definition) is 18. The molecule has 0 spiro atoms. The number of rotatable bonds is 24. The fraction of sp³-hybridized carbons (Fsp3) is 0.720. The van der Waals surface area contributed by atoms with Crippen molar-refractivity contribution in [3.05, 3.63) is 71.4 Å². The molecule has 12 atom stereocenters. The van der Waals surface area contributed by atoms with Gasteiger partial charge in [0.25, 0.3) is 0 Å². The number of fused-ring (bicyclic) bond motifs is 3. The van der Waals surface area contributed by atoms with Crippen molar-refractivity contribution in [3.8, 4) is 0 Å². The molecule has 0 aliphatic carbocycles. The third kappa shape index (κ3) is 25.8. The quantitative estimate of drug-likeness (QED) is 0.0225. The van der Waals surface area contributed by atoms with Gasteiger partial charge in [-0.25, -0.2) is 13.9 Å². The molecular formula is C50H83N3O18P2. The molecule has 0 radical (unpaired) electrons. The second kappa shape index (κ2) is 35.0. The van der Waals surface area contributed by atoms with E-state index < -0.39 is 120 Å². The highest BCUT2D eigenvalue weighted by molar-refractivity contribution is 7.61. The number of nitrogens with zero attached hydrogens (tertiary/aromatic N) is 2. The number of carbonyl (C=O) groups is 2. The lowest BCUT2D eigenvalue weighted by atomic mass is 9.82. The van der Waals surface area contributed by atoms with E-state index in [1.54, 1.807) is 0 Å². The van der Waals surface area contributed by atoms with Crippen molar-refractivity contribution >= 4 is 33.4 Å². The van der Waals surface area contributed by atoms with E-state index in [-0.39, 0.29) is 25.1 Å². The number of carbonyl (C=O) groups excluding carboxylic acids is 2. The molecule has 73 heavy (non-hydrogen) atoms. The Labute approximate surface area is 429 Å². The van der Waals surface area contributed by atoms with Crippen molar-refractivity contribution in [1.82, 2.24) is 9.55 Å². The molecule has 0 saturated carbocycles. The van der Waals surface area contributed by atoms with Gasteiger partial charge in [0.1, 0.15) is 30.9 Å². The number of aliphatic hydroxyl groups excluding tert-OH is 5. The standard InChI is InChI=1S/C50H83N3O18P2/c1-3-5-7-8-9-10-11-12-13-14-15-16-17-18-19-20-22-28-46(58)69-38-34-66-45(57)27-24-23-26-40-42(56)33-41(55)39(30-29-37(54)25-21-6-4-2)47(59)48(60)43(36-68-73(64,65)71-72(62,63)67-35-38)70-49(40)53-32-31-44(51)52-50(53)61/h9-10,12-13,23-24,29-32,37-43,47-49,54-56,59-60H,3-8,11,14-22,25-28,33-36H2,1-2H3,(H,62,63)(H,64,65)(H2,51,52,61)/b10-9-,13-12-,24-23-,30-29+/t37-,38-,39+,40-,41-,42+,43-,47+,48-,49-/m1/s1. The number of ether oxygens (including phenoxy) is 3. The van der Waals surface area contributed by atoms with Crippen LogP contribution in [-0.4, -0.2) is 119 Å². The normalized spacial score (nSPS) is 30.4. The zero-order chi connectivity index (χ0) is 53.7. The van der Waals surface area contributed by atoms with E-state index in [4.69, 9.17) is 29.0 Å². The molecule has 23 heteroatoms. The third-order valence-electron chi connectivity index (χ3n) is 12.5. The highest BCUT2D eigenvalue weighted by atomic mass is 31.3. The van der Waals surface area contributed by atoms with Gasteiger partial charge in [0.2, 0.25) is 0 Å². The van der Waals surface area contributed by atoms with Gasteiger partial charge >= 0.3 is 33.3 Å². The van der Waals surface area contributed by atoms with Crippen LogP contribution in [0.2, 0.25) is 0 Å². The van der Waals surface area contributed by atoms with Gasteiger partial charge < -0.3 is 55.3 Å². The topological polar surface area (TPSA) is 326 Å². The maximum Gasteiger partial charge on any atom is 0.481 e. The van der Waals surface area contributed by atoms with Crippen LogP contribution in [0.1, 0.15) is 155 Å². The lowest BCUT2D eigenvalue weighted by Gasteiger charge is -2.40. The van der Waals surface area contributed by atoms with Crippen LogP contribution in [0, 0.1) is 11.8 Å². The molecule has 2 bridgehead atoms. The lowest BCUT2D eigenvalue weighted by Crippen LogP contribution is -2.52. The van der Waals surface area contributed by atoms with Crippen LogP contribution in [0.25, 0.3) is 0 Å². The van der Waals surface area contributed by atoms with Gasteiger partial charge in [-0.05, 0) is 57.4 Å². The fourth-order valence-electron chi connectivity index (χ4n) is 8.30. The minimum atomic E-state index is -5.70. The molecule has 1 aromatic heterocycles. The Bertz CT molecular complexity index is 2040. The minimum absolute atomic E-state index is 0.0244. The van der Waals surface area contributed by atoms with Crippen molar-refractivity contribution in [2.45, 2.75) is 198 Å². The summed E-state index contributed by atoms with van der Waals surface area (Å²) >= 11 is 0. The number of anilines is 1. The summed E-state index contributed by atoms with van der Waals surface area (Å²) < 4.78 is 58.7. The monoisotopic (exact) mass is 1080 g/mol. The smallest absolute Gasteiger partial charge is 0.461 e. The van der Waals surface area contributed by atoms with E-state index >= 15 is 0 Å². The number of aromatic nitrogens is 2. The lowest BCUT2D eigenvalue weighted by molar-refractivity contribution is -0.194. The zero-order valence-corrected chi connectivity index (χ0v) is 44.3. The summed E-state index contributed by atoms with van der Waals surface area (Å²) in [6.45, 7) is 1.37. The van der Waals surface area contributed by atoms with Crippen LogP contribution < -0.4 is 11.4 Å². The van der Waals surface area contributed by atoms with E-state index in [1.165, 1.54) is 49.6 Å².